The molecule has 3 N–H and O–H groups in total. The summed E-state index contributed by atoms with van der Waals surface area (Å²) in [6.45, 7) is 7.07. The number of amides is 1. The molecule has 1 aliphatic carbocycles. The number of ether oxygens (including phenoxy) is 3. The first-order chi connectivity index (χ1) is 17.2. The number of furan rings is 1. The minimum Gasteiger partial charge on any atom is -0.479 e. The van der Waals surface area contributed by atoms with E-state index >= 15 is 0 Å². The molecule has 3 aromatic rings. The average Bonchev–Trinajstić information content (AvgIpc) is 3.44. The molecule has 0 bridgehead atoms. The van der Waals surface area contributed by atoms with E-state index in [2.05, 4.69) is 41.3 Å². The molecule has 0 fully saturated rings. The molecule has 2 heterocycles. The Balaban J connectivity index is 1.51. The number of methoxy groups -OCH3 is 2. The highest BCUT2D eigenvalue weighted by Gasteiger charge is 2.31. The number of nitrogens with zero attached hydrogens (tertiary/aromatic N) is 2. The van der Waals surface area contributed by atoms with Gasteiger partial charge in [0.25, 0.3) is 11.9 Å². The summed E-state index contributed by atoms with van der Waals surface area (Å²) in [6.07, 6.45) is 3.00. The third-order valence-electron chi connectivity index (χ3n) is 6.19. The van der Waals surface area contributed by atoms with Gasteiger partial charge in [-0.25, -0.2) is 0 Å². The smallest absolute Gasteiger partial charge is 0.291 e. The van der Waals surface area contributed by atoms with Crippen LogP contribution in [0.15, 0.2) is 33.8 Å². The Morgan fingerprint density at radius 2 is 1.92 bits per heavy atom. The first kappa shape index (κ1) is 25.8. The number of carbonyl (C=O) groups is 1. The summed E-state index contributed by atoms with van der Waals surface area (Å²) in [5.74, 6) is 1.61. The van der Waals surface area contributed by atoms with Crippen LogP contribution >= 0.6 is 11.8 Å². The van der Waals surface area contributed by atoms with E-state index in [1.54, 1.807) is 12.1 Å². The second-order valence-corrected chi connectivity index (χ2v) is 10.3. The van der Waals surface area contributed by atoms with E-state index in [1.165, 1.54) is 37.1 Å². The highest BCUT2D eigenvalue weighted by Crippen LogP contribution is 2.42. The Bertz CT molecular complexity index is 1230. The van der Waals surface area contributed by atoms with Gasteiger partial charge in [0.1, 0.15) is 5.75 Å². The molecule has 36 heavy (non-hydrogen) atoms. The maximum absolute atomic E-state index is 13.0. The molecule has 1 amide bonds. The molecule has 10 heteroatoms. The number of aromatic nitrogens is 2. The highest BCUT2D eigenvalue weighted by molar-refractivity contribution is 7.99. The minimum atomic E-state index is -0.514. The Morgan fingerprint density at radius 1 is 1.19 bits per heavy atom. The molecular weight excluding hydrogens is 480 g/mol. The standard InChI is InChI=1S/C26H32N4O5S/c1-15-13-16-9-10-26(2,3)17(16)14-19(15)35-20-8-7-18(34-20)22(31)28-21-23(32-4)29-25(30-24(21)33-5)36-12-6-11-27/h7-8,13-14H,6,9-12,27H2,1-5H3,(H,28,31). The zero-order valence-corrected chi connectivity index (χ0v) is 22.1. The molecule has 0 atom stereocenters. The van der Waals surface area contributed by atoms with Crippen LogP contribution in [0.2, 0.25) is 0 Å². The Labute approximate surface area is 215 Å². The van der Waals surface area contributed by atoms with E-state index in [9.17, 15) is 4.79 Å². The number of anilines is 1. The third kappa shape index (κ3) is 5.44. The van der Waals surface area contributed by atoms with Gasteiger partial charge in [-0.3, -0.25) is 4.79 Å². The molecule has 192 valence electrons. The van der Waals surface area contributed by atoms with E-state index in [-0.39, 0.29) is 34.6 Å². The quantitative estimate of drug-likeness (QED) is 0.217. The monoisotopic (exact) mass is 512 g/mol. The lowest BCUT2D eigenvalue weighted by atomic mass is 9.86. The minimum absolute atomic E-state index is 0.0645. The SMILES string of the molecule is COc1nc(SCCCN)nc(OC)c1NC(=O)c1ccc(Oc2cc3c(cc2C)CCC3(C)C)o1. The maximum Gasteiger partial charge on any atom is 0.291 e. The number of hydrogen-bond acceptors (Lipinski definition) is 9. The molecule has 4 rings (SSSR count). The van der Waals surface area contributed by atoms with Gasteiger partial charge in [-0.05, 0) is 67.0 Å². The van der Waals surface area contributed by atoms with Gasteiger partial charge < -0.3 is 29.7 Å². The molecule has 0 spiro atoms. The number of rotatable bonds is 10. The molecule has 2 aromatic heterocycles. The van der Waals surface area contributed by atoms with E-state index in [0.717, 1.165) is 30.6 Å². The van der Waals surface area contributed by atoms with Crippen molar-refractivity contribution in [3.8, 4) is 23.5 Å². The summed E-state index contributed by atoms with van der Waals surface area (Å²) < 4.78 is 22.5. The number of benzene rings is 1. The molecule has 0 saturated heterocycles. The molecular formula is C26H32N4O5S. The molecule has 0 saturated carbocycles. The predicted octanol–water partition coefficient (Wildman–Crippen LogP) is 5.10. The number of nitrogens with two attached hydrogens (primary N) is 1. The molecule has 0 radical (unpaired) electrons. The third-order valence-corrected chi connectivity index (χ3v) is 7.13. The van der Waals surface area contributed by atoms with Gasteiger partial charge in [-0.1, -0.05) is 31.7 Å². The first-order valence-electron chi connectivity index (χ1n) is 11.8. The van der Waals surface area contributed by atoms with Crippen LogP contribution in [0.5, 0.6) is 23.5 Å². The number of aryl methyl sites for hydroxylation is 2. The fourth-order valence-electron chi connectivity index (χ4n) is 4.17. The molecule has 0 unspecified atom stereocenters. The summed E-state index contributed by atoms with van der Waals surface area (Å²) in [5.41, 5.74) is 9.54. The molecule has 1 aliphatic rings. The first-order valence-corrected chi connectivity index (χ1v) is 12.8. The van der Waals surface area contributed by atoms with Crippen LogP contribution in [-0.4, -0.2) is 42.4 Å². The van der Waals surface area contributed by atoms with E-state index in [4.69, 9.17) is 24.4 Å². The van der Waals surface area contributed by atoms with Crippen molar-refractivity contribution in [3.05, 3.63) is 46.7 Å². The number of fused-ring (bicyclic) bond motifs is 1. The summed E-state index contributed by atoms with van der Waals surface area (Å²) in [4.78, 5) is 21.7. The van der Waals surface area contributed by atoms with Crippen molar-refractivity contribution >= 4 is 23.4 Å². The van der Waals surface area contributed by atoms with E-state index in [1.807, 2.05) is 6.92 Å². The van der Waals surface area contributed by atoms with Crippen LogP contribution < -0.4 is 25.3 Å². The van der Waals surface area contributed by atoms with Crippen molar-refractivity contribution in [2.24, 2.45) is 5.73 Å². The van der Waals surface area contributed by atoms with Crippen molar-refractivity contribution in [2.45, 2.75) is 50.6 Å². The van der Waals surface area contributed by atoms with Crippen LogP contribution in [0.3, 0.4) is 0 Å². The Morgan fingerprint density at radius 3 is 2.58 bits per heavy atom. The molecule has 9 nitrogen and oxygen atoms in total. The number of carbonyl (C=O) groups excluding carboxylic acids is 1. The van der Waals surface area contributed by atoms with Crippen molar-refractivity contribution in [3.63, 3.8) is 0 Å². The van der Waals surface area contributed by atoms with Crippen molar-refractivity contribution < 1.29 is 23.4 Å². The zero-order valence-electron chi connectivity index (χ0n) is 21.3. The molecule has 1 aromatic carbocycles. The number of hydrogen-bond donors (Lipinski definition) is 2. The number of thioether (sulfide) groups is 1. The van der Waals surface area contributed by atoms with E-state index in [0.29, 0.717) is 17.5 Å². The van der Waals surface area contributed by atoms with Gasteiger partial charge in [0, 0.05) is 11.8 Å². The lowest BCUT2D eigenvalue weighted by molar-refractivity contribution is 0.0990. The maximum atomic E-state index is 13.0. The van der Waals surface area contributed by atoms with Crippen LogP contribution in [-0.2, 0) is 11.8 Å². The van der Waals surface area contributed by atoms with Gasteiger partial charge in [-0.15, -0.1) is 0 Å². The van der Waals surface area contributed by atoms with Gasteiger partial charge in [0.15, 0.2) is 16.6 Å². The predicted molar refractivity (Wildman–Crippen MR) is 139 cm³/mol. The summed E-state index contributed by atoms with van der Waals surface area (Å²) in [6, 6.07) is 7.43. The Hall–Kier alpha value is -3.24. The van der Waals surface area contributed by atoms with Gasteiger partial charge >= 0.3 is 0 Å². The van der Waals surface area contributed by atoms with Gasteiger partial charge in [0.05, 0.1) is 14.2 Å². The highest BCUT2D eigenvalue weighted by atomic mass is 32.2. The van der Waals surface area contributed by atoms with Crippen LogP contribution in [0, 0.1) is 6.92 Å². The number of nitrogens with one attached hydrogen (secondary N) is 1. The summed E-state index contributed by atoms with van der Waals surface area (Å²) >= 11 is 1.43. The lowest BCUT2D eigenvalue weighted by Gasteiger charge is -2.20. The zero-order chi connectivity index (χ0) is 25.9. The summed E-state index contributed by atoms with van der Waals surface area (Å²) in [7, 11) is 2.93. The largest absolute Gasteiger partial charge is 0.479 e. The fraction of sp³-hybridized carbons (Fsp3) is 0.423. The van der Waals surface area contributed by atoms with Crippen molar-refractivity contribution in [2.75, 3.05) is 31.8 Å². The van der Waals surface area contributed by atoms with Crippen molar-refractivity contribution in [1.29, 1.82) is 0 Å². The van der Waals surface area contributed by atoms with E-state index < -0.39 is 5.91 Å². The van der Waals surface area contributed by atoms with Gasteiger partial charge in [0.2, 0.25) is 11.8 Å². The summed E-state index contributed by atoms with van der Waals surface area (Å²) in [5, 5.41) is 3.20. The molecule has 0 aliphatic heterocycles. The second kappa shape index (κ2) is 10.8. The lowest BCUT2D eigenvalue weighted by Crippen LogP contribution is -2.14. The Kier molecular flexibility index (Phi) is 7.75. The topological polar surface area (TPSA) is 122 Å². The normalized spacial score (nSPS) is 13.8. The van der Waals surface area contributed by atoms with Crippen molar-refractivity contribution in [1.82, 2.24) is 9.97 Å². The average molecular weight is 513 g/mol. The second-order valence-electron chi connectivity index (χ2n) is 9.22. The van der Waals surface area contributed by atoms with Crippen LogP contribution in [0.4, 0.5) is 5.69 Å². The van der Waals surface area contributed by atoms with Crippen LogP contribution in [0.1, 0.15) is 53.9 Å². The van der Waals surface area contributed by atoms with Crippen LogP contribution in [0.25, 0.3) is 0 Å². The van der Waals surface area contributed by atoms with Gasteiger partial charge in [-0.2, -0.15) is 9.97 Å². The fourth-order valence-corrected chi connectivity index (χ4v) is 4.96.